The van der Waals surface area contributed by atoms with Crippen LogP contribution in [-0.2, 0) is 11.0 Å². The Bertz CT molecular complexity index is 703. The normalized spacial score (nSPS) is 26.5. The van der Waals surface area contributed by atoms with Gasteiger partial charge in [-0.1, -0.05) is 12.5 Å². The summed E-state index contributed by atoms with van der Waals surface area (Å²) in [6.07, 6.45) is -3.11. The molecule has 1 aliphatic heterocycles. The first-order valence-corrected chi connectivity index (χ1v) is 7.55. The van der Waals surface area contributed by atoms with Crippen molar-refractivity contribution in [2.45, 2.75) is 25.4 Å². The molecule has 24 heavy (non-hydrogen) atoms. The van der Waals surface area contributed by atoms with Gasteiger partial charge in [-0.2, -0.15) is 13.2 Å². The fourth-order valence-corrected chi connectivity index (χ4v) is 3.88. The van der Waals surface area contributed by atoms with Crippen molar-refractivity contribution in [1.29, 1.82) is 0 Å². The minimum Gasteiger partial charge on any atom is -0.481 e. The van der Waals surface area contributed by atoms with Crippen molar-refractivity contribution in [1.82, 2.24) is 4.90 Å². The van der Waals surface area contributed by atoms with Crippen molar-refractivity contribution in [3.63, 3.8) is 0 Å². The van der Waals surface area contributed by atoms with Crippen LogP contribution in [0.4, 0.5) is 17.6 Å². The van der Waals surface area contributed by atoms with Gasteiger partial charge in [0.05, 0.1) is 16.5 Å². The second-order valence-corrected chi connectivity index (χ2v) is 6.40. The Hall–Kier alpha value is -2.12. The Labute approximate surface area is 135 Å². The quantitative estimate of drug-likeness (QED) is 0.838. The number of nitrogens with zero attached hydrogens (tertiary/aromatic N) is 1. The van der Waals surface area contributed by atoms with E-state index >= 15 is 0 Å². The molecule has 130 valence electrons. The van der Waals surface area contributed by atoms with E-state index in [1.807, 2.05) is 0 Å². The largest absolute Gasteiger partial charge is 0.481 e. The maximum Gasteiger partial charge on any atom is 0.419 e. The second kappa shape index (κ2) is 5.46. The van der Waals surface area contributed by atoms with Gasteiger partial charge in [-0.05, 0) is 30.9 Å². The summed E-state index contributed by atoms with van der Waals surface area (Å²) in [6.45, 7) is 0.0301. The topological polar surface area (TPSA) is 57.6 Å². The Morgan fingerprint density at radius 1 is 1.29 bits per heavy atom. The van der Waals surface area contributed by atoms with E-state index in [-0.39, 0.29) is 19.0 Å². The van der Waals surface area contributed by atoms with Gasteiger partial charge in [0.2, 0.25) is 0 Å². The molecule has 2 aliphatic rings. The van der Waals surface area contributed by atoms with E-state index in [1.54, 1.807) is 0 Å². The zero-order chi connectivity index (χ0) is 17.7. The first-order chi connectivity index (χ1) is 11.2. The predicted molar refractivity (Wildman–Crippen MR) is 74.7 cm³/mol. The number of fused-ring (bicyclic) bond motifs is 1. The highest BCUT2D eigenvalue weighted by atomic mass is 19.4. The van der Waals surface area contributed by atoms with E-state index in [4.69, 9.17) is 0 Å². The Morgan fingerprint density at radius 2 is 2.00 bits per heavy atom. The van der Waals surface area contributed by atoms with Crippen LogP contribution in [0.15, 0.2) is 18.2 Å². The molecule has 0 aromatic heterocycles. The van der Waals surface area contributed by atoms with Crippen LogP contribution in [0.1, 0.15) is 35.2 Å². The summed E-state index contributed by atoms with van der Waals surface area (Å²) in [5, 5.41) is 9.49. The highest BCUT2D eigenvalue weighted by molar-refractivity contribution is 5.95. The van der Waals surface area contributed by atoms with Crippen LogP contribution in [0, 0.1) is 17.2 Å². The highest BCUT2D eigenvalue weighted by Gasteiger charge is 2.56. The highest BCUT2D eigenvalue weighted by Crippen LogP contribution is 2.49. The molecular formula is C16H15F4NO3. The molecular weight excluding hydrogens is 330 g/mol. The molecule has 1 aliphatic carbocycles. The van der Waals surface area contributed by atoms with Gasteiger partial charge >= 0.3 is 12.1 Å². The molecule has 0 bridgehead atoms. The molecule has 1 aromatic rings. The molecule has 1 saturated carbocycles. The van der Waals surface area contributed by atoms with E-state index in [1.165, 1.54) is 0 Å². The maximum absolute atomic E-state index is 14.1. The number of rotatable bonds is 2. The number of aliphatic carboxylic acids is 1. The third-order valence-electron chi connectivity index (χ3n) is 5.12. The molecule has 2 fully saturated rings. The van der Waals surface area contributed by atoms with Crippen molar-refractivity contribution in [3.8, 4) is 0 Å². The predicted octanol–water partition coefficient (Wildman–Crippen LogP) is 3.17. The van der Waals surface area contributed by atoms with Crippen LogP contribution in [0.3, 0.4) is 0 Å². The zero-order valence-electron chi connectivity index (χ0n) is 12.6. The lowest BCUT2D eigenvalue weighted by atomic mass is 9.81. The van der Waals surface area contributed by atoms with Crippen molar-refractivity contribution < 1.29 is 32.3 Å². The molecule has 3 rings (SSSR count). The van der Waals surface area contributed by atoms with Crippen LogP contribution in [-0.4, -0.2) is 35.0 Å². The van der Waals surface area contributed by atoms with E-state index in [0.717, 1.165) is 23.5 Å². The zero-order valence-corrected chi connectivity index (χ0v) is 12.6. The van der Waals surface area contributed by atoms with Gasteiger partial charge in [0, 0.05) is 13.1 Å². The van der Waals surface area contributed by atoms with Crippen molar-refractivity contribution >= 4 is 11.9 Å². The lowest BCUT2D eigenvalue weighted by Gasteiger charge is -2.23. The Balaban J connectivity index is 1.91. The minimum atomic E-state index is -4.90. The molecule has 1 aromatic carbocycles. The van der Waals surface area contributed by atoms with Crippen LogP contribution in [0.2, 0.25) is 0 Å². The molecule has 2 atom stereocenters. The van der Waals surface area contributed by atoms with Gasteiger partial charge in [0.25, 0.3) is 5.91 Å². The van der Waals surface area contributed by atoms with Crippen LogP contribution >= 0.6 is 0 Å². The van der Waals surface area contributed by atoms with Gasteiger partial charge in [-0.25, -0.2) is 4.39 Å². The lowest BCUT2D eigenvalue weighted by molar-refractivity contribution is -0.149. The number of benzene rings is 1. The molecule has 1 heterocycles. The maximum atomic E-state index is 14.1. The molecule has 1 amide bonds. The molecule has 0 radical (unpaired) electrons. The van der Waals surface area contributed by atoms with Crippen LogP contribution in [0.25, 0.3) is 0 Å². The van der Waals surface area contributed by atoms with E-state index in [0.29, 0.717) is 18.9 Å². The number of amides is 1. The summed E-state index contributed by atoms with van der Waals surface area (Å²) in [4.78, 5) is 25.2. The smallest absolute Gasteiger partial charge is 0.419 e. The summed E-state index contributed by atoms with van der Waals surface area (Å²) in [5.41, 5.74) is -3.24. The van der Waals surface area contributed by atoms with E-state index in [2.05, 4.69) is 0 Å². The molecule has 0 unspecified atom stereocenters. The average Bonchev–Trinajstić information content (AvgIpc) is 3.03. The minimum absolute atomic E-state index is 0.0957. The number of hydrogen-bond donors (Lipinski definition) is 1. The van der Waals surface area contributed by atoms with Gasteiger partial charge in [0.1, 0.15) is 5.82 Å². The first kappa shape index (κ1) is 16.7. The van der Waals surface area contributed by atoms with E-state index in [9.17, 15) is 32.3 Å². The number of alkyl halides is 3. The Kier molecular flexibility index (Phi) is 3.80. The number of likely N-dealkylation sites (tertiary alicyclic amines) is 1. The summed E-state index contributed by atoms with van der Waals surface area (Å²) >= 11 is 0. The van der Waals surface area contributed by atoms with Crippen molar-refractivity contribution in [3.05, 3.63) is 35.1 Å². The van der Waals surface area contributed by atoms with E-state index < -0.39 is 40.4 Å². The monoisotopic (exact) mass is 345 g/mol. The van der Waals surface area contributed by atoms with Gasteiger partial charge in [-0.15, -0.1) is 0 Å². The fourth-order valence-electron chi connectivity index (χ4n) is 3.88. The van der Waals surface area contributed by atoms with Crippen molar-refractivity contribution in [2.24, 2.45) is 11.3 Å². The molecule has 0 spiro atoms. The molecule has 1 N–H and O–H groups in total. The second-order valence-electron chi connectivity index (χ2n) is 6.40. The summed E-state index contributed by atoms with van der Waals surface area (Å²) in [7, 11) is 0. The number of carbonyl (C=O) groups is 2. The average molecular weight is 345 g/mol. The number of hydrogen-bond acceptors (Lipinski definition) is 2. The third-order valence-corrected chi connectivity index (χ3v) is 5.12. The first-order valence-electron chi connectivity index (χ1n) is 7.55. The number of carboxylic acid groups (broad SMARTS) is 1. The summed E-state index contributed by atoms with van der Waals surface area (Å²) in [5.74, 6) is -3.76. The molecule has 8 heteroatoms. The molecule has 1 saturated heterocycles. The third kappa shape index (κ3) is 2.44. The van der Waals surface area contributed by atoms with Crippen LogP contribution < -0.4 is 0 Å². The Morgan fingerprint density at radius 3 is 2.58 bits per heavy atom. The fraction of sp³-hybridized carbons (Fsp3) is 0.500. The van der Waals surface area contributed by atoms with Crippen molar-refractivity contribution in [2.75, 3.05) is 13.1 Å². The summed E-state index contributed by atoms with van der Waals surface area (Å²) in [6, 6.07) is 2.54. The van der Waals surface area contributed by atoms with Crippen LogP contribution in [0.5, 0.6) is 0 Å². The van der Waals surface area contributed by atoms with Gasteiger partial charge in [0.15, 0.2) is 0 Å². The van der Waals surface area contributed by atoms with Gasteiger partial charge < -0.3 is 10.0 Å². The lowest BCUT2D eigenvalue weighted by Crippen LogP contribution is -2.37. The standard InChI is InChI=1S/C16H15F4NO3/c17-12-10(4-1-5-11(12)16(18,19)20)13(22)21-7-9-3-2-6-15(9,8-21)14(23)24/h1,4-5,9H,2-3,6-8H2,(H,23,24)/t9-,15+/m0/s1. The number of halogens is 4. The van der Waals surface area contributed by atoms with Gasteiger partial charge in [-0.3, -0.25) is 9.59 Å². The number of carbonyl (C=O) groups excluding carboxylic acids is 1. The SMILES string of the molecule is O=C(c1cccc(C(F)(F)F)c1F)N1C[C@@H]2CCC[C@@]2(C(=O)O)C1. The summed E-state index contributed by atoms with van der Waals surface area (Å²) < 4.78 is 52.5. The number of carboxylic acids is 1. The molecule has 4 nitrogen and oxygen atoms in total.